The number of hydrogen-bond donors (Lipinski definition) is 1. The Morgan fingerprint density at radius 2 is 1.97 bits per heavy atom. The molecule has 5 rings (SSSR count). The number of nitrogens with one attached hydrogen (secondary N) is 1. The van der Waals surface area contributed by atoms with Crippen molar-refractivity contribution in [2.75, 3.05) is 13.2 Å². The molecule has 3 heterocycles. The van der Waals surface area contributed by atoms with Gasteiger partial charge in [-0.05, 0) is 63.0 Å². The highest BCUT2D eigenvalue weighted by molar-refractivity contribution is 5.68. The minimum atomic E-state index is -0.359. The van der Waals surface area contributed by atoms with Crippen LogP contribution in [0.25, 0.3) is 0 Å². The normalized spacial score (nSPS) is 24.9. The van der Waals surface area contributed by atoms with Crippen LogP contribution in [0.2, 0.25) is 0 Å². The van der Waals surface area contributed by atoms with Crippen LogP contribution in [0, 0.1) is 6.92 Å². The molecule has 8 heteroatoms. The SMILES string of the molecule is Cc1cnc(COC(=O)N2CCC[C@H](c3cc[nH]n3)[C@@H]2CO[C@H]2CC[C@@H](c3ccccc3)CC2)o1. The third-order valence-electron chi connectivity index (χ3n) is 7.35. The van der Waals surface area contributed by atoms with Crippen LogP contribution in [0.15, 0.2) is 53.2 Å². The van der Waals surface area contributed by atoms with Crippen molar-refractivity contribution in [3.8, 4) is 0 Å². The van der Waals surface area contributed by atoms with Gasteiger partial charge in [-0.15, -0.1) is 0 Å². The predicted octanol–water partition coefficient (Wildman–Crippen LogP) is 5.33. The first kappa shape index (κ1) is 23.6. The summed E-state index contributed by atoms with van der Waals surface area (Å²) in [5.41, 5.74) is 2.39. The third kappa shape index (κ3) is 5.75. The Kier molecular flexibility index (Phi) is 7.47. The molecule has 2 aliphatic rings. The Bertz CT molecular complexity index is 1060. The molecule has 1 aliphatic carbocycles. The van der Waals surface area contributed by atoms with E-state index in [4.69, 9.17) is 13.9 Å². The second-order valence-electron chi connectivity index (χ2n) is 9.65. The highest BCUT2D eigenvalue weighted by Gasteiger charge is 2.38. The van der Waals surface area contributed by atoms with Crippen LogP contribution in [-0.4, -0.2) is 51.5 Å². The molecule has 8 nitrogen and oxygen atoms in total. The number of aryl methyl sites for hydroxylation is 1. The summed E-state index contributed by atoms with van der Waals surface area (Å²) in [6.45, 7) is 2.95. The molecule has 1 N–H and O–H groups in total. The number of likely N-dealkylation sites (tertiary alicyclic amines) is 1. The van der Waals surface area contributed by atoms with Crippen molar-refractivity contribution in [2.24, 2.45) is 0 Å². The number of H-pyrrole nitrogens is 1. The van der Waals surface area contributed by atoms with E-state index in [-0.39, 0.29) is 30.8 Å². The van der Waals surface area contributed by atoms with E-state index in [2.05, 4.69) is 45.5 Å². The Labute approximate surface area is 206 Å². The van der Waals surface area contributed by atoms with Gasteiger partial charge in [0.15, 0.2) is 6.61 Å². The van der Waals surface area contributed by atoms with Crippen molar-refractivity contribution < 1.29 is 18.7 Å². The number of hydrogen-bond acceptors (Lipinski definition) is 6. The summed E-state index contributed by atoms with van der Waals surface area (Å²) in [4.78, 5) is 19.1. The number of piperidine rings is 1. The Balaban J connectivity index is 1.21. The minimum absolute atomic E-state index is 0.0212. The van der Waals surface area contributed by atoms with Gasteiger partial charge in [-0.25, -0.2) is 9.78 Å². The number of carbonyl (C=O) groups excluding carboxylic acids is 1. The first-order valence-electron chi connectivity index (χ1n) is 12.7. The molecule has 0 radical (unpaired) electrons. The number of oxazole rings is 1. The number of aromatic nitrogens is 3. The molecule has 2 aromatic heterocycles. The molecule has 2 atom stereocenters. The van der Waals surface area contributed by atoms with E-state index in [0.29, 0.717) is 30.7 Å². The summed E-state index contributed by atoms with van der Waals surface area (Å²) < 4.78 is 17.5. The average molecular weight is 479 g/mol. The van der Waals surface area contributed by atoms with Crippen molar-refractivity contribution in [3.63, 3.8) is 0 Å². The van der Waals surface area contributed by atoms with Crippen molar-refractivity contribution in [1.29, 1.82) is 0 Å². The second-order valence-corrected chi connectivity index (χ2v) is 9.65. The number of nitrogens with zero attached hydrogens (tertiary/aromatic N) is 3. The molecule has 35 heavy (non-hydrogen) atoms. The van der Waals surface area contributed by atoms with Gasteiger partial charge in [0.2, 0.25) is 5.89 Å². The maximum Gasteiger partial charge on any atom is 0.410 e. The fourth-order valence-corrected chi connectivity index (χ4v) is 5.51. The van der Waals surface area contributed by atoms with E-state index in [0.717, 1.165) is 44.2 Å². The van der Waals surface area contributed by atoms with Gasteiger partial charge in [0.05, 0.1) is 30.6 Å². The first-order chi connectivity index (χ1) is 17.2. The molecule has 1 saturated carbocycles. The van der Waals surface area contributed by atoms with Crippen LogP contribution in [0.5, 0.6) is 0 Å². The lowest BCUT2D eigenvalue weighted by molar-refractivity contribution is -0.0277. The predicted molar refractivity (Wildman–Crippen MR) is 130 cm³/mol. The standard InChI is InChI=1S/C27H34N4O4/c1-19-16-28-26(35-19)18-34-27(32)31-15-5-8-23(24-13-14-29-30-24)25(31)17-33-22-11-9-21(10-12-22)20-6-3-2-4-7-20/h2-4,6-7,13-14,16,21-23,25H,5,8-12,15,17-18H2,1H3,(H,29,30)/t21-,22+,23-,25+/m1/s1. The highest BCUT2D eigenvalue weighted by atomic mass is 16.6. The van der Waals surface area contributed by atoms with Crippen LogP contribution in [-0.2, 0) is 16.1 Å². The van der Waals surface area contributed by atoms with Crippen LogP contribution in [0.4, 0.5) is 4.79 Å². The molecular formula is C27H34N4O4. The summed E-state index contributed by atoms with van der Waals surface area (Å²) in [5, 5.41) is 7.35. The minimum Gasteiger partial charge on any atom is -0.442 e. The number of benzene rings is 1. The van der Waals surface area contributed by atoms with Crippen molar-refractivity contribution in [1.82, 2.24) is 20.1 Å². The van der Waals surface area contributed by atoms with Gasteiger partial charge in [0.25, 0.3) is 0 Å². The van der Waals surface area contributed by atoms with Gasteiger partial charge in [0.1, 0.15) is 5.76 Å². The zero-order valence-electron chi connectivity index (χ0n) is 20.3. The third-order valence-corrected chi connectivity index (χ3v) is 7.35. The van der Waals surface area contributed by atoms with E-state index in [1.807, 2.05) is 24.1 Å². The van der Waals surface area contributed by atoms with Gasteiger partial charge in [0, 0.05) is 18.7 Å². The molecule has 0 spiro atoms. The number of ether oxygens (including phenoxy) is 2. The van der Waals surface area contributed by atoms with Crippen LogP contribution in [0.1, 0.15) is 73.3 Å². The summed E-state index contributed by atoms with van der Waals surface area (Å²) >= 11 is 0. The number of aromatic amines is 1. The number of carbonyl (C=O) groups is 1. The summed E-state index contributed by atoms with van der Waals surface area (Å²) in [6.07, 6.45) is 9.49. The van der Waals surface area contributed by atoms with Crippen LogP contribution < -0.4 is 0 Å². The van der Waals surface area contributed by atoms with Gasteiger partial charge >= 0.3 is 6.09 Å². The lowest BCUT2D eigenvalue weighted by atomic mass is 9.82. The van der Waals surface area contributed by atoms with Gasteiger partial charge < -0.3 is 18.8 Å². The van der Waals surface area contributed by atoms with Crippen LogP contribution in [0.3, 0.4) is 0 Å². The van der Waals surface area contributed by atoms with E-state index in [9.17, 15) is 4.79 Å². The maximum atomic E-state index is 13.1. The van der Waals surface area contributed by atoms with Crippen LogP contribution >= 0.6 is 0 Å². The molecule has 3 aromatic rings. The fourth-order valence-electron chi connectivity index (χ4n) is 5.51. The van der Waals surface area contributed by atoms with E-state index in [1.54, 1.807) is 6.20 Å². The first-order valence-corrected chi connectivity index (χ1v) is 12.7. The number of rotatable bonds is 7. The van der Waals surface area contributed by atoms with E-state index >= 15 is 0 Å². The summed E-state index contributed by atoms with van der Waals surface area (Å²) in [7, 11) is 0. The molecule has 1 aromatic carbocycles. The molecule has 186 valence electrons. The molecule has 1 amide bonds. The number of amides is 1. The summed E-state index contributed by atoms with van der Waals surface area (Å²) in [6, 6.07) is 12.6. The topological polar surface area (TPSA) is 93.5 Å². The Hall–Kier alpha value is -3.13. The van der Waals surface area contributed by atoms with Crippen molar-refractivity contribution >= 4 is 6.09 Å². The smallest absolute Gasteiger partial charge is 0.410 e. The van der Waals surface area contributed by atoms with E-state index in [1.165, 1.54) is 5.56 Å². The molecule has 0 bridgehead atoms. The lowest BCUT2D eigenvalue weighted by Crippen LogP contribution is -2.50. The van der Waals surface area contributed by atoms with E-state index < -0.39 is 0 Å². The Morgan fingerprint density at radius 1 is 1.14 bits per heavy atom. The zero-order chi connectivity index (χ0) is 24.0. The molecule has 1 saturated heterocycles. The fraction of sp³-hybridized carbons (Fsp3) is 0.519. The monoisotopic (exact) mass is 478 g/mol. The van der Waals surface area contributed by atoms with Crippen molar-refractivity contribution in [2.45, 2.75) is 76.0 Å². The molecule has 0 unspecified atom stereocenters. The molecule has 2 fully saturated rings. The molecule has 1 aliphatic heterocycles. The Morgan fingerprint density at radius 3 is 2.69 bits per heavy atom. The lowest BCUT2D eigenvalue weighted by Gasteiger charge is -2.40. The van der Waals surface area contributed by atoms with Crippen molar-refractivity contribution in [3.05, 3.63) is 71.7 Å². The zero-order valence-corrected chi connectivity index (χ0v) is 20.3. The van der Waals surface area contributed by atoms with Gasteiger partial charge in [-0.3, -0.25) is 5.10 Å². The highest BCUT2D eigenvalue weighted by Crippen LogP contribution is 2.36. The van der Waals surface area contributed by atoms with Gasteiger partial charge in [-0.2, -0.15) is 5.10 Å². The summed E-state index contributed by atoms with van der Waals surface area (Å²) in [5.74, 6) is 1.81. The average Bonchev–Trinajstić information content (AvgIpc) is 3.59. The quantitative estimate of drug-likeness (QED) is 0.493. The second kappa shape index (κ2) is 11.1. The molecular weight excluding hydrogens is 444 g/mol. The largest absolute Gasteiger partial charge is 0.442 e. The maximum absolute atomic E-state index is 13.1. The van der Waals surface area contributed by atoms with Gasteiger partial charge in [-0.1, -0.05) is 30.3 Å².